The van der Waals surface area contributed by atoms with Crippen molar-refractivity contribution in [2.45, 2.75) is 139 Å². The van der Waals surface area contributed by atoms with E-state index in [0.29, 0.717) is 22.4 Å². The monoisotopic (exact) mass is 1970 g/mol. The lowest BCUT2D eigenvalue weighted by Crippen LogP contribution is -2.32. The Kier molecular flexibility index (Phi) is 29.4. The average molecular weight is 1980 g/mol. The predicted octanol–water partition coefficient (Wildman–Crippen LogP) is 9.36. The summed E-state index contributed by atoms with van der Waals surface area (Å²) in [5.74, 6) is -2.63. The second-order valence-electron chi connectivity index (χ2n) is 29.9. The maximum atomic E-state index is 16.5. The van der Waals surface area contributed by atoms with Crippen molar-refractivity contribution in [3.63, 3.8) is 0 Å². The van der Waals surface area contributed by atoms with E-state index in [-0.39, 0.29) is 107 Å². The minimum absolute atomic E-state index is 0.0591. The van der Waals surface area contributed by atoms with E-state index < -0.39 is 181 Å². The van der Waals surface area contributed by atoms with Crippen LogP contribution in [0.25, 0.3) is 54.7 Å². The number of carbonyl (C=O) groups is 4. The van der Waals surface area contributed by atoms with Gasteiger partial charge in [0.2, 0.25) is 23.7 Å². The molecule has 6 aliphatic rings. The van der Waals surface area contributed by atoms with E-state index in [1.165, 1.54) is 51.1 Å². The summed E-state index contributed by atoms with van der Waals surface area (Å²) in [7, 11) is 0.0127. The maximum Gasteiger partial charge on any atom is 0.330 e. The van der Waals surface area contributed by atoms with E-state index >= 15 is 8.78 Å². The zero-order valence-electron chi connectivity index (χ0n) is 68.6. The number of alkyl halides is 2. The quantitative estimate of drug-likeness (QED) is 0.0225. The van der Waals surface area contributed by atoms with Crippen molar-refractivity contribution in [2.24, 2.45) is 11.8 Å². The zero-order chi connectivity index (χ0) is 92.2. The van der Waals surface area contributed by atoms with Gasteiger partial charge in [-0.25, -0.2) is 48.7 Å². The van der Waals surface area contributed by atoms with Crippen molar-refractivity contribution < 1.29 is 102 Å². The Morgan fingerprint density at radius 3 is 1.47 bits per heavy atom. The lowest BCUT2D eigenvalue weighted by Gasteiger charge is -2.29. The van der Waals surface area contributed by atoms with Gasteiger partial charge >= 0.3 is 28.8 Å². The topological polar surface area (TPSA) is 565 Å². The van der Waals surface area contributed by atoms with E-state index in [1.54, 1.807) is 108 Å². The van der Waals surface area contributed by atoms with Crippen molar-refractivity contribution in [2.75, 3.05) is 60.9 Å². The number of nitrogens with zero attached hydrogens (tertiary/aromatic N) is 16. The maximum absolute atomic E-state index is 16.5. The standard InChI is InChI=1S/C34H36FN11O11P2S2.C34H36FN11O11P2S.C7H4OS2/c1-17(2)30(47)43-34-42-29-25(32(49)44-34)40-16-46(29)33-26-23(35)21(55-33)13-53-59(61,51-10-6-9-36)56-19-11-22(54-20(19)12-52-58(50,60)57-26)45-15-39-24-27(37-14-38-28(24)45)41-31(48)18-7-4-3-5-8-18;1-17(2)30(47)43-34-42-29-25(32(49)44-34)40-16-46(29)33-26-23(35)21(55-33)13-53-59(60,52-10-6-9-36)57-19-11-22(54-20(19)12-51-58(50)56-26)45-15-39-24-27(37-14-38-28(24)45)41-31(48)18-7-4-3-5-8-18;8-7-5-3-1-2-4-6(5)9-10-7/h3-5,7-8,14-17,19-23,26,33H,6,10-13H2,1-2H3,(H,50,60)(H,37,38,41,48)(H2,42,43,44,47,49);3-5,7-8,14-17,19-23,26,33,50H,6,10-13H2,1-2H3,(H,37,38,41,48)(H2,42,43,44,47,49);1-4H/t2*19-,20+,21+,22+,23+,26+,33+,58?,59?;/m00./s1. The second kappa shape index (κ2) is 40.9. The minimum Gasteiger partial charge on any atom is -0.349 e. The first kappa shape index (κ1) is 94.2. The summed E-state index contributed by atoms with van der Waals surface area (Å²) in [4.78, 5) is 158. The second-order valence-corrected chi connectivity index (χ2v) is 41.7. The highest BCUT2D eigenvalue weighted by atomic mass is 32.9. The van der Waals surface area contributed by atoms with Crippen molar-refractivity contribution in [3.05, 3.63) is 164 Å². The van der Waals surface area contributed by atoms with Crippen LogP contribution in [0.4, 0.5) is 32.3 Å². The first-order chi connectivity index (χ1) is 63.0. The van der Waals surface area contributed by atoms with Crippen molar-refractivity contribution in [1.82, 2.24) is 78.1 Å². The van der Waals surface area contributed by atoms with Gasteiger partial charge in [-0.3, -0.25) is 77.0 Å². The van der Waals surface area contributed by atoms with Gasteiger partial charge in [0, 0.05) is 40.5 Å². The molecule has 6 fully saturated rings. The van der Waals surface area contributed by atoms with E-state index in [1.807, 2.05) is 36.4 Å². The molecule has 4 bridgehead atoms. The number of hydrogen-bond acceptors (Lipinski definition) is 39. The molecule has 0 aliphatic carbocycles. The molecule has 6 aliphatic heterocycles. The lowest BCUT2D eigenvalue weighted by molar-refractivity contribution is -0.119. The van der Waals surface area contributed by atoms with Gasteiger partial charge in [-0.05, 0) is 82.2 Å². The molecule has 0 saturated carbocycles. The van der Waals surface area contributed by atoms with Crippen LogP contribution in [0.5, 0.6) is 0 Å². The Morgan fingerprint density at radius 1 is 0.550 bits per heavy atom. The van der Waals surface area contributed by atoms with E-state index in [4.69, 9.17) is 99.6 Å². The molecule has 18 rings (SSSR count). The molecular weight excluding hydrogens is 1900 g/mol. The first-order valence-corrected chi connectivity index (χ1v) is 50.8. The Balaban J connectivity index is 0.000000172. The third kappa shape index (κ3) is 21.3. The summed E-state index contributed by atoms with van der Waals surface area (Å²) >= 11 is 17.0. The SMILES string of the molecule is CC(C)C(=O)Nc1nc2c(ncn2[C@@H]2O[C@@H]3COP(=S)(OCCC#N)O[C@H]4C[C@H](n5cnc6c(NC(=O)c7ccccc7)ncnc65)O[C@@H]4COP(O)(=S)O[C@@H]2[C@@H]3F)c(=O)[nH]1.CC(C)C(=O)Nc1nc2c(ncn2[C@@H]2O[C@@H]3COP(=S)(OCCC#N)O[C@H]4C[C@H](n5cnc6c(NC(=O)c7ccccc7)ncnc65)O[C@@H]4COP(O)O[C@@H]2[C@@H]3F)c(=O)[nH]1.O=c1ssc2ccccc12. The van der Waals surface area contributed by atoms with Crippen LogP contribution in [0.15, 0.2) is 137 Å². The third-order valence-electron chi connectivity index (χ3n) is 20.5. The van der Waals surface area contributed by atoms with Gasteiger partial charge < -0.3 is 80.1 Å². The van der Waals surface area contributed by atoms with Gasteiger partial charge in [-0.2, -0.15) is 20.5 Å². The number of halogens is 2. The number of benzene rings is 3. The molecule has 3 aromatic carbocycles. The number of amides is 4. The van der Waals surface area contributed by atoms with Crippen LogP contribution >= 0.6 is 49.4 Å². The van der Waals surface area contributed by atoms with Gasteiger partial charge in [0.1, 0.15) is 61.7 Å². The molecule has 45 nitrogen and oxygen atoms in total. The van der Waals surface area contributed by atoms with Crippen LogP contribution in [0.1, 0.15) is 99.0 Å². The number of imidazole rings is 4. The molecule has 4 unspecified atom stereocenters. The van der Waals surface area contributed by atoms with E-state index in [9.17, 15) is 53.9 Å². The van der Waals surface area contributed by atoms with Gasteiger partial charge in [0.15, 0.2) is 81.1 Å². The number of nitrogens with one attached hydrogen (secondary N) is 6. The van der Waals surface area contributed by atoms with Gasteiger partial charge in [0.25, 0.3) is 27.7 Å². The molecule has 0 spiro atoms. The zero-order valence-corrected chi connectivity index (χ0v) is 76.2. The van der Waals surface area contributed by atoms with E-state index in [0.717, 1.165) is 16.4 Å². The Labute approximate surface area is 761 Å². The van der Waals surface area contributed by atoms with Crippen LogP contribution in [-0.4, -0.2) is 212 Å². The molecule has 131 heavy (non-hydrogen) atoms. The molecule has 6 saturated heterocycles. The molecule has 12 aromatic rings. The Bertz CT molecular complexity index is 6690. The van der Waals surface area contributed by atoms with Gasteiger partial charge in [-0.15, -0.1) is 0 Å². The van der Waals surface area contributed by atoms with E-state index in [2.05, 4.69) is 81.1 Å². The molecule has 9 aromatic heterocycles. The first-order valence-electron chi connectivity index (χ1n) is 39.9. The number of aromatic nitrogens is 16. The number of fused-ring (bicyclic) bond motifs is 11. The van der Waals surface area contributed by atoms with Crippen LogP contribution in [0, 0.1) is 34.5 Å². The summed E-state index contributed by atoms with van der Waals surface area (Å²) in [5, 5.41) is 29.9. The molecular formula is C75H76F2N22O23P4S5. The largest absolute Gasteiger partial charge is 0.349 e. The molecule has 15 heterocycles. The van der Waals surface area contributed by atoms with Gasteiger partial charge in [-0.1, -0.05) is 86.6 Å². The fourth-order valence-electron chi connectivity index (χ4n) is 14.0. The predicted molar refractivity (Wildman–Crippen MR) is 473 cm³/mol. The van der Waals surface area contributed by atoms with Crippen LogP contribution < -0.4 is 37.1 Å². The molecule has 4 amide bonds. The number of H-pyrrole nitrogens is 2. The summed E-state index contributed by atoms with van der Waals surface area (Å²) in [6.45, 7) is -7.75. The average Bonchev–Trinajstić information content (AvgIpc) is 1.62. The highest BCUT2D eigenvalue weighted by molar-refractivity contribution is 8.08. The normalized spacial score (nSPS) is 27.5. The van der Waals surface area contributed by atoms with Crippen LogP contribution in [0.3, 0.4) is 0 Å². The Hall–Kier alpha value is -9.97. The number of carbonyl (C=O) groups excluding carboxylic acids is 4. The van der Waals surface area contributed by atoms with Crippen molar-refractivity contribution in [3.8, 4) is 12.1 Å². The third-order valence-corrected chi connectivity index (χ3v) is 29.8. The van der Waals surface area contributed by atoms with Crippen molar-refractivity contribution in [1.29, 1.82) is 10.5 Å². The molecule has 688 valence electrons. The van der Waals surface area contributed by atoms with Gasteiger partial charge in [0.05, 0.1) is 108 Å². The highest BCUT2D eigenvalue weighted by Crippen LogP contribution is 2.59. The van der Waals surface area contributed by atoms with Crippen molar-refractivity contribution >= 4 is 187 Å². The number of ether oxygens (including phenoxy) is 4. The minimum atomic E-state index is -4.36. The highest BCUT2D eigenvalue weighted by Gasteiger charge is 2.54. The fourth-order valence-corrected chi connectivity index (χ4v) is 22.5. The summed E-state index contributed by atoms with van der Waals surface area (Å²) < 4.78 is 124. The summed E-state index contributed by atoms with van der Waals surface area (Å²) in [6.07, 6.45) is -10.9. The smallest absolute Gasteiger partial charge is 0.330 e. The number of hydrogen-bond donors (Lipinski definition) is 8. The Morgan fingerprint density at radius 2 is 0.992 bits per heavy atom. The number of anilines is 4. The number of nitriles is 2. The number of rotatable bonds is 18. The van der Waals surface area contributed by atoms with Crippen LogP contribution in [-0.2, 0) is 109 Å². The molecule has 56 heteroatoms. The summed E-state index contributed by atoms with van der Waals surface area (Å²) in [6, 6.07) is 28.7. The lowest BCUT2D eigenvalue weighted by atomic mass is 10.1. The van der Waals surface area contributed by atoms with Crippen LogP contribution in [0.2, 0.25) is 0 Å². The molecule has 8 N–H and O–H groups in total. The molecule has 0 radical (unpaired) electrons. The molecule has 18 atom stereocenters. The number of aromatic amines is 2. The fraction of sp³-hybridized carbons (Fsp3) is 0.400. The summed E-state index contributed by atoms with van der Waals surface area (Å²) in [5.41, 5.74) is 0.0338.